The normalized spacial score (nSPS) is 16.8. The molecule has 1 aliphatic rings. The van der Waals surface area contributed by atoms with Crippen LogP contribution in [0.4, 0.5) is 4.79 Å². The number of amides is 1. The van der Waals surface area contributed by atoms with Crippen molar-refractivity contribution in [1.82, 2.24) is 10.2 Å². The number of rotatable bonds is 4. The summed E-state index contributed by atoms with van der Waals surface area (Å²) < 4.78 is 5.26. The molecule has 1 saturated heterocycles. The van der Waals surface area contributed by atoms with Crippen LogP contribution in [0.15, 0.2) is 12.7 Å². The lowest BCUT2D eigenvalue weighted by Gasteiger charge is -2.40. The lowest BCUT2D eigenvalue weighted by atomic mass is 10.1. The first-order chi connectivity index (χ1) is 7.42. The Morgan fingerprint density at radius 1 is 1.56 bits per heavy atom. The molecule has 0 saturated carbocycles. The molecule has 0 radical (unpaired) electrons. The number of carbonyl (C=O) groups excluding carboxylic acids is 1. The minimum absolute atomic E-state index is 0.214. The van der Waals surface area contributed by atoms with Crippen LogP contribution < -0.4 is 5.32 Å². The van der Waals surface area contributed by atoms with Crippen molar-refractivity contribution in [3.63, 3.8) is 0 Å². The third-order valence-electron chi connectivity index (χ3n) is 2.31. The number of nitrogens with zero attached hydrogens (tertiary/aromatic N) is 1. The summed E-state index contributed by atoms with van der Waals surface area (Å²) in [5, 5.41) is 3.35. The van der Waals surface area contributed by atoms with Crippen LogP contribution in [0.5, 0.6) is 0 Å². The van der Waals surface area contributed by atoms with E-state index < -0.39 is 5.60 Å². The number of ether oxygens (including phenoxy) is 1. The molecule has 1 fully saturated rings. The molecule has 0 bridgehead atoms. The fraction of sp³-hybridized carbons (Fsp3) is 0.750. The maximum Gasteiger partial charge on any atom is 0.410 e. The average Bonchev–Trinajstić information content (AvgIpc) is 2.05. The van der Waals surface area contributed by atoms with E-state index in [2.05, 4.69) is 11.9 Å². The molecule has 0 aromatic heterocycles. The Kier molecular flexibility index (Phi) is 4.35. The van der Waals surface area contributed by atoms with Gasteiger partial charge in [0.2, 0.25) is 0 Å². The van der Waals surface area contributed by atoms with Crippen LogP contribution in [0.1, 0.15) is 27.2 Å². The van der Waals surface area contributed by atoms with E-state index in [1.54, 1.807) is 4.90 Å². The molecular formula is C12H22N2O2. The molecule has 1 rings (SSSR count). The van der Waals surface area contributed by atoms with Crippen molar-refractivity contribution in [2.45, 2.75) is 38.8 Å². The van der Waals surface area contributed by atoms with Crippen LogP contribution in [0, 0.1) is 0 Å². The smallest absolute Gasteiger partial charge is 0.410 e. The van der Waals surface area contributed by atoms with Crippen LogP contribution >= 0.6 is 0 Å². The zero-order valence-corrected chi connectivity index (χ0v) is 10.5. The molecule has 1 amide bonds. The lowest BCUT2D eigenvalue weighted by molar-refractivity contribution is 0.00544. The first-order valence-electron chi connectivity index (χ1n) is 5.74. The quantitative estimate of drug-likeness (QED) is 0.587. The Morgan fingerprint density at radius 2 is 2.19 bits per heavy atom. The molecule has 0 spiro atoms. The second-order valence-electron chi connectivity index (χ2n) is 5.11. The van der Waals surface area contributed by atoms with Crippen LogP contribution in [-0.2, 0) is 4.74 Å². The molecule has 0 aromatic carbocycles. The zero-order chi connectivity index (χ0) is 12.2. The van der Waals surface area contributed by atoms with Gasteiger partial charge in [-0.05, 0) is 33.7 Å². The van der Waals surface area contributed by atoms with Gasteiger partial charge in [0.1, 0.15) is 5.60 Å². The van der Waals surface area contributed by atoms with Crippen molar-refractivity contribution < 1.29 is 9.53 Å². The van der Waals surface area contributed by atoms with Crippen molar-refractivity contribution >= 4 is 6.09 Å². The third-order valence-corrected chi connectivity index (χ3v) is 2.31. The maximum atomic E-state index is 11.6. The fourth-order valence-electron chi connectivity index (χ4n) is 1.47. The summed E-state index contributed by atoms with van der Waals surface area (Å²) in [7, 11) is 0. The van der Waals surface area contributed by atoms with E-state index in [1.165, 1.54) is 0 Å². The van der Waals surface area contributed by atoms with Crippen molar-refractivity contribution in [2.24, 2.45) is 0 Å². The molecular weight excluding hydrogens is 204 g/mol. The van der Waals surface area contributed by atoms with Gasteiger partial charge in [0.05, 0.1) is 0 Å². The first kappa shape index (κ1) is 13.0. The second kappa shape index (κ2) is 5.34. The topological polar surface area (TPSA) is 41.6 Å². The SMILES string of the molecule is C=CCCNC1CN(C(=O)OC(C)(C)C)C1. The summed E-state index contributed by atoms with van der Waals surface area (Å²) in [6.45, 7) is 11.7. The monoisotopic (exact) mass is 226 g/mol. The molecule has 1 heterocycles. The van der Waals surface area contributed by atoms with E-state index in [4.69, 9.17) is 4.74 Å². The summed E-state index contributed by atoms with van der Waals surface area (Å²) in [6, 6.07) is 0.410. The van der Waals surface area contributed by atoms with Crippen LogP contribution in [0.3, 0.4) is 0 Å². The number of nitrogens with one attached hydrogen (secondary N) is 1. The highest BCUT2D eigenvalue weighted by Gasteiger charge is 2.32. The van der Waals surface area contributed by atoms with E-state index >= 15 is 0 Å². The summed E-state index contributed by atoms with van der Waals surface area (Å²) in [5.74, 6) is 0. The minimum atomic E-state index is -0.404. The van der Waals surface area contributed by atoms with Gasteiger partial charge in [0.25, 0.3) is 0 Å². The Morgan fingerprint density at radius 3 is 2.69 bits per heavy atom. The van der Waals surface area contributed by atoms with Crippen molar-refractivity contribution in [3.8, 4) is 0 Å². The Balaban J connectivity index is 2.15. The average molecular weight is 226 g/mol. The van der Waals surface area contributed by atoms with Crippen molar-refractivity contribution in [2.75, 3.05) is 19.6 Å². The van der Waals surface area contributed by atoms with Crippen LogP contribution in [-0.4, -0.2) is 42.3 Å². The largest absolute Gasteiger partial charge is 0.444 e. The molecule has 1 N–H and O–H groups in total. The highest BCUT2D eigenvalue weighted by molar-refractivity contribution is 5.69. The minimum Gasteiger partial charge on any atom is -0.444 e. The van der Waals surface area contributed by atoms with E-state index in [-0.39, 0.29) is 6.09 Å². The van der Waals surface area contributed by atoms with Gasteiger partial charge in [-0.3, -0.25) is 0 Å². The van der Waals surface area contributed by atoms with Gasteiger partial charge in [-0.2, -0.15) is 0 Å². The third kappa shape index (κ3) is 4.23. The van der Waals surface area contributed by atoms with E-state index in [0.29, 0.717) is 6.04 Å². The van der Waals surface area contributed by atoms with Crippen LogP contribution in [0.2, 0.25) is 0 Å². The number of carbonyl (C=O) groups is 1. The maximum absolute atomic E-state index is 11.6. The van der Waals surface area contributed by atoms with Crippen molar-refractivity contribution in [3.05, 3.63) is 12.7 Å². The number of likely N-dealkylation sites (tertiary alicyclic amines) is 1. The highest BCUT2D eigenvalue weighted by Crippen LogP contribution is 2.14. The summed E-state index contributed by atoms with van der Waals surface area (Å²) in [4.78, 5) is 13.3. The predicted octanol–water partition coefficient (Wildman–Crippen LogP) is 1.77. The summed E-state index contributed by atoms with van der Waals surface area (Å²) >= 11 is 0. The zero-order valence-electron chi connectivity index (χ0n) is 10.5. The highest BCUT2D eigenvalue weighted by atomic mass is 16.6. The molecule has 0 atom stereocenters. The molecule has 0 unspecified atom stereocenters. The molecule has 4 heteroatoms. The van der Waals surface area contributed by atoms with Gasteiger partial charge in [-0.25, -0.2) is 4.79 Å². The van der Waals surface area contributed by atoms with E-state index in [1.807, 2.05) is 26.8 Å². The van der Waals surface area contributed by atoms with Gasteiger partial charge in [0, 0.05) is 19.1 Å². The van der Waals surface area contributed by atoms with Gasteiger partial charge in [-0.15, -0.1) is 6.58 Å². The molecule has 4 nitrogen and oxygen atoms in total. The molecule has 92 valence electrons. The second-order valence-corrected chi connectivity index (χ2v) is 5.11. The first-order valence-corrected chi connectivity index (χ1v) is 5.74. The Hall–Kier alpha value is -1.03. The molecule has 16 heavy (non-hydrogen) atoms. The van der Waals surface area contributed by atoms with E-state index in [9.17, 15) is 4.79 Å². The molecule has 0 aromatic rings. The fourth-order valence-corrected chi connectivity index (χ4v) is 1.47. The molecule has 0 aliphatic carbocycles. The van der Waals surface area contributed by atoms with Gasteiger partial charge in [-0.1, -0.05) is 6.08 Å². The number of hydrogen-bond donors (Lipinski definition) is 1. The van der Waals surface area contributed by atoms with Gasteiger partial charge < -0.3 is 15.0 Å². The van der Waals surface area contributed by atoms with Crippen LogP contribution in [0.25, 0.3) is 0 Å². The summed E-state index contributed by atoms with van der Waals surface area (Å²) in [5.41, 5.74) is -0.404. The Bertz CT molecular complexity index is 252. The Labute approximate surface area is 97.6 Å². The number of hydrogen-bond acceptors (Lipinski definition) is 3. The van der Waals surface area contributed by atoms with E-state index in [0.717, 1.165) is 26.1 Å². The standard InChI is InChI=1S/C12H22N2O2/c1-5-6-7-13-10-8-14(9-10)11(15)16-12(2,3)4/h5,10,13H,1,6-9H2,2-4H3. The molecule has 1 aliphatic heterocycles. The van der Waals surface area contributed by atoms with Crippen molar-refractivity contribution in [1.29, 1.82) is 0 Å². The predicted molar refractivity (Wildman–Crippen MR) is 64.4 cm³/mol. The van der Waals surface area contributed by atoms with Gasteiger partial charge >= 0.3 is 6.09 Å². The summed E-state index contributed by atoms with van der Waals surface area (Å²) in [6.07, 6.45) is 2.63. The lowest BCUT2D eigenvalue weighted by Crippen LogP contribution is -2.60. The van der Waals surface area contributed by atoms with Gasteiger partial charge in [0.15, 0.2) is 0 Å².